The minimum Gasteiger partial charge on any atom is -0.491 e. The molecule has 20 heavy (non-hydrogen) atoms. The molecule has 0 spiro atoms. The van der Waals surface area contributed by atoms with Crippen molar-refractivity contribution in [1.82, 2.24) is 0 Å². The van der Waals surface area contributed by atoms with Crippen molar-refractivity contribution in [2.24, 2.45) is 0 Å². The Balaban J connectivity index is 1.90. The molecule has 1 aromatic carbocycles. The molecule has 0 unspecified atom stereocenters. The fraction of sp³-hybridized carbons (Fsp3) is 0.312. The van der Waals surface area contributed by atoms with Crippen LogP contribution in [-0.4, -0.2) is 12.5 Å². The number of para-hydroxylation sites is 2. The van der Waals surface area contributed by atoms with E-state index in [0.29, 0.717) is 13.0 Å². The molecule has 2 rings (SSSR count). The van der Waals surface area contributed by atoms with Crippen molar-refractivity contribution in [1.29, 1.82) is 0 Å². The Morgan fingerprint density at radius 1 is 1.25 bits per heavy atom. The molecule has 1 heterocycles. The van der Waals surface area contributed by atoms with Crippen LogP contribution in [0.25, 0.3) is 0 Å². The normalized spacial score (nSPS) is 10.2. The van der Waals surface area contributed by atoms with E-state index in [-0.39, 0.29) is 5.91 Å². The highest BCUT2D eigenvalue weighted by Crippen LogP contribution is 2.24. The first-order valence-electron chi connectivity index (χ1n) is 6.83. The number of ether oxygens (including phenoxy) is 1. The van der Waals surface area contributed by atoms with Gasteiger partial charge in [0.25, 0.3) is 0 Å². The van der Waals surface area contributed by atoms with E-state index in [0.717, 1.165) is 24.3 Å². The summed E-state index contributed by atoms with van der Waals surface area (Å²) >= 11 is 1.68. The minimum absolute atomic E-state index is 0.0194. The number of thiophene rings is 1. The van der Waals surface area contributed by atoms with Crippen LogP contribution in [0.5, 0.6) is 5.75 Å². The number of carbonyl (C=O) groups is 1. The van der Waals surface area contributed by atoms with Crippen LogP contribution in [0.1, 0.15) is 24.6 Å². The second kappa shape index (κ2) is 7.70. The van der Waals surface area contributed by atoms with Gasteiger partial charge < -0.3 is 10.1 Å². The molecule has 0 fully saturated rings. The van der Waals surface area contributed by atoms with Crippen LogP contribution in [0.15, 0.2) is 41.8 Å². The molecule has 0 saturated heterocycles. The summed E-state index contributed by atoms with van der Waals surface area (Å²) in [7, 11) is 0. The van der Waals surface area contributed by atoms with Crippen LogP contribution in [0, 0.1) is 0 Å². The third-order valence-electron chi connectivity index (χ3n) is 2.80. The van der Waals surface area contributed by atoms with Gasteiger partial charge in [-0.2, -0.15) is 0 Å². The summed E-state index contributed by atoms with van der Waals surface area (Å²) < 4.78 is 5.62. The summed E-state index contributed by atoms with van der Waals surface area (Å²) in [5.74, 6) is 0.754. The zero-order valence-corrected chi connectivity index (χ0v) is 12.4. The lowest BCUT2D eigenvalue weighted by atomic mass is 10.2. The lowest BCUT2D eigenvalue weighted by Gasteiger charge is -2.11. The lowest BCUT2D eigenvalue weighted by Crippen LogP contribution is -2.13. The van der Waals surface area contributed by atoms with Gasteiger partial charge in [-0.05, 0) is 36.4 Å². The SMILES string of the molecule is CCCOc1ccccc1NC(=O)CCc1cccs1. The van der Waals surface area contributed by atoms with Crippen LogP contribution < -0.4 is 10.1 Å². The van der Waals surface area contributed by atoms with Crippen molar-refractivity contribution in [3.8, 4) is 5.75 Å². The quantitative estimate of drug-likeness (QED) is 0.833. The Labute approximate surface area is 123 Å². The zero-order valence-electron chi connectivity index (χ0n) is 11.6. The van der Waals surface area contributed by atoms with Crippen molar-refractivity contribution >= 4 is 22.9 Å². The zero-order chi connectivity index (χ0) is 14.2. The molecule has 3 nitrogen and oxygen atoms in total. The Morgan fingerprint density at radius 2 is 2.10 bits per heavy atom. The smallest absolute Gasteiger partial charge is 0.224 e. The number of carbonyl (C=O) groups excluding carboxylic acids is 1. The number of hydrogen-bond donors (Lipinski definition) is 1. The highest BCUT2D eigenvalue weighted by atomic mass is 32.1. The highest BCUT2D eigenvalue weighted by molar-refractivity contribution is 7.09. The Bertz CT molecular complexity index is 537. The Kier molecular flexibility index (Phi) is 5.62. The minimum atomic E-state index is 0.0194. The number of hydrogen-bond acceptors (Lipinski definition) is 3. The number of nitrogens with one attached hydrogen (secondary N) is 1. The molecule has 1 N–H and O–H groups in total. The second-order valence-electron chi connectivity index (χ2n) is 4.47. The lowest BCUT2D eigenvalue weighted by molar-refractivity contribution is -0.116. The van der Waals surface area contributed by atoms with Gasteiger partial charge >= 0.3 is 0 Å². The van der Waals surface area contributed by atoms with E-state index in [9.17, 15) is 4.79 Å². The average molecular weight is 289 g/mol. The first-order valence-corrected chi connectivity index (χ1v) is 7.71. The Morgan fingerprint density at radius 3 is 2.85 bits per heavy atom. The van der Waals surface area contributed by atoms with Gasteiger partial charge in [0.2, 0.25) is 5.91 Å². The van der Waals surface area contributed by atoms with Gasteiger partial charge in [-0.3, -0.25) is 4.79 Å². The van der Waals surface area contributed by atoms with Gasteiger partial charge in [0.05, 0.1) is 12.3 Å². The molecule has 0 aliphatic carbocycles. The maximum atomic E-state index is 12.0. The molecule has 106 valence electrons. The molecule has 1 aromatic heterocycles. The number of amides is 1. The summed E-state index contributed by atoms with van der Waals surface area (Å²) in [6.45, 7) is 2.71. The molecule has 1 amide bonds. The van der Waals surface area contributed by atoms with Crippen LogP contribution >= 0.6 is 11.3 Å². The third-order valence-corrected chi connectivity index (χ3v) is 3.74. The number of anilines is 1. The van der Waals surface area contributed by atoms with Crippen molar-refractivity contribution in [2.75, 3.05) is 11.9 Å². The van der Waals surface area contributed by atoms with E-state index in [1.54, 1.807) is 11.3 Å². The van der Waals surface area contributed by atoms with Crippen LogP contribution in [-0.2, 0) is 11.2 Å². The predicted molar refractivity (Wildman–Crippen MR) is 83.5 cm³/mol. The number of benzene rings is 1. The largest absolute Gasteiger partial charge is 0.491 e. The maximum Gasteiger partial charge on any atom is 0.224 e. The summed E-state index contributed by atoms with van der Waals surface area (Å²) in [5.41, 5.74) is 0.747. The van der Waals surface area contributed by atoms with Crippen molar-refractivity contribution in [3.05, 3.63) is 46.7 Å². The fourth-order valence-electron chi connectivity index (χ4n) is 1.81. The standard InChI is InChI=1S/C16H19NO2S/c1-2-11-19-15-8-4-3-7-14(15)17-16(18)10-9-13-6-5-12-20-13/h3-8,12H,2,9-11H2,1H3,(H,17,18). The van der Waals surface area contributed by atoms with Gasteiger partial charge in [-0.1, -0.05) is 25.1 Å². The van der Waals surface area contributed by atoms with E-state index in [2.05, 4.69) is 18.3 Å². The molecule has 0 saturated carbocycles. The van der Waals surface area contributed by atoms with E-state index in [1.807, 2.05) is 35.7 Å². The van der Waals surface area contributed by atoms with Crippen molar-refractivity contribution < 1.29 is 9.53 Å². The maximum absolute atomic E-state index is 12.0. The van der Waals surface area contributed by atoms with Crippen LogP contribution in [0.4, 0.5) is 5.69 Å². The number of aryl methyl sites for hydroxylation is 1. The molecule has 0 bridgehead atoms. The molecule has 2 aromatic rings. The van der Waals surface area contributed by atoms with E-state index in [4.69, 9.17) is 4.74 Å². The summed E-state index contributed by atoms with van der Waals surface area (Å²) in [6.07, 6.45) is 2.21. The molecular weight excluding hydrogens is 270 g/mol. The van der Waals surface area contributed by atoms with Crippen LogP contribution in [0.3, 0.4) is 0 Å². The molecule has 4 heteroatoms. The van der Waals surface area contributed by atoms with Gasteiger partial charge in [0.1, 0.15) is 5.75 Å². The fourth-order valence-corrected chi connectivity index (χ4v) is 2.52. The number of rotatable bonds is 7. The summed E-state index contributed by atoms with van der Waals surface area (Å²) in [6, 6.07) is 11.6. The first-order chi connectivity index (χ1) is 9.79. The molecular formula is C16H19NO2S. The second-order valence-corrected chi connectivity index (χ2v) is 5.50. The van der Waals surface area contributed by atoms with E-state index >= 15 is 0 Å². The molecule has 0 radical (unpaired) electrons. The van der Waals surface area contributed by atoms with E-state index in [1.165, 1.54) is 4.88 Å². The molecule has 0 atom stereocenters. The average Bonchev–Trinajstić information content (AvgIpc) is 2.97. The van der Waals surface area contributed by atoms with Crippen molar-refractivity contribution in [2.45, 2.75) is 26.2 Å². The first kappa shape index (κ1) is 14.6. The Hall–Kier alpha value is -1.81. The third kappa shape index (κ3) is 4.38. The monoisotopic (exact) mass is 289 g/mol. The molecule has 0 aliphatic rings. The summed E-state index contributed by atoms with van der Waals surface area (Å²) in [5, 5.41) is 4.95. The highest BCUT2D eigenvalue weighted by Gasteiger charge is 2.07. The van der Waals surface area contributed by atoms with E-state index < -0.39 is 0 Å². The van der Waals surface area contributed by atoms with Gasteiger partial charge in [-0.15, -0.1) is 11.3 Å². The van der Waals surface area contributed by atoms with Gasteiger partial charge in [-0.25, -0.2) is 0 Å². The van der Waals surface area contributed by atoms with Crippen LogP contribution in [0.2, 0.25) is 0 Å². The topological polar surface area (TPSA) is 38.3 Å². The molecule has 0 aliphatic heterocycles. The van der Waals surface area contributed by atoms with Gasteiger partial charge in [0, 0.05) is 11.3 Å². The summed E-state index contributed by atoms with van der Waals surface area (Å²) in [4.78, 5) is 13.2. The predicted octanol–water partition coefficient (Wildman–Crippen LogP) is 4.11. The van der Waals surface area contributed by atoms with Gasteiger partial charge in [0.15, 0.2) is 0 Å². The van der Waals surface area contributed by atoms with Crippen molar-refractivity contribution in [3.63, 3.8) is 0 Å².